The lowest BCUT2D eigenvalue weighted by Crippen LogP contribution is -2.40. The van der Waals surface area contributed by atoms with E-state index in [-0.39, 0.29) is 35.6 Å². The highest BCUT2D eigenvalue weighted by molar-refractivity contribution is 5.98. The fraction of sp³-hybridized carbons (Fsp3) is 0.690. The number of nitrogens with zero attached hydrogens (tertiary/aromatic N) is 2. The predicted octanol–water partition coefficient (Wildman–Crippen LogP) is 8.73. The fourth-order valence-corrected chi connectivity index (χ4v) is 5.32. The number of hydrogen-bond donors (Lipinski definition) is 0. The molecule has 2 aliphatic rings. The second-order valence-corrected chi connectivity index (χ2v) is 10.8. The third-order valence-electron chi connectivity index (χ3n) is 7.84. The Hall–Kier alpha value is -1.92. The van der Waals surface area contributed by atoms with Crippen molar-refractivity contribution in [1.29, 1.82) is 0 Å². The second kappa shape index (κ2) is 12.6. The van der Waals surface area contributed by atoms with Crippen molar-refractivity contribution in [3.63, 3.8) is 0 Å². The Morgan fingerprint density at radius 3 is 2.44 bits per heavy atom. The number of aliphatic imine (C=N–C) groups is 1. The van der Waals surface area contributed by atoms with Gasteiger partial charge in [-0.2, -0.15) is 4.39 Å². The van der Waals surface area contributed by atoms with Gasteiger partial charge >= 0.3 is 0 Å². The van der Waals surface area contributed by atoms with E-state index in [2.05, 4.69) is 25.8 Å². The Morgan fingerprint density at radius 2 is 1.78 bits per heavy atom. The molecular weight excluding hydrogens is 471 g/mol. The van der Waals surface area contributed by atoms with Gasteiger partial charge in [-0.25, -0.2) is 22.6 Å². The average Bonchev–Trinajstić information content (AvgIpc) is 2.83. The van der Waals surface area contributed by atoms with E-state index in [1.807, 2.05) is 6.92 Å². The molecule has 7 heteroatoms. The predicted molar refractivity (Wildman–Crippen MR) is 136 cm³/mol. The third kappa shape index (κ3) is 6.49. The quantitative estimate of drug-likeness (QED) is 0.155. The van der Waals surface area contributed by atoms with Gasteiger partial charge in [0.2, 0.25) is 0 Å². The van der Waals surface area contributed by atoms with Crippen molar-refractivity contribution >= 4 is 5.71 Å². The lowest BCUT2D eigenvalue weighted by molar-refractivity contribution is -0.0531. The molecule has 202 valence electrons. The van der Waals surface area contributed by atoms with Crippen LogP contribution in [0.1, 0.15) is 95.8 Å². The maximum Gasteiger partial charge on any atom is 0.284 e. The third-order valence-corrected chi connectivity index (χ3v) is 7.84. The van der Waals surface area contributed by atoms with E-state index in [1.165, 1.54) is 23.2 Å². The molecule has 1 aromatic carbocycles. The fourth-order valence-electron chi connectivity index (χ4n) is 5.32. The molecule has 0 saturated carbocycles. The molecular formula is C29H41F5N2. The van der Waals surface area contributed by atoms with Gasteiger partial charge in [0, 0.05) is 12.7 Å². The molecule has 36 heavy (non-hydrogen) atoms. The minimum Gasteiger partial charge on any atom is -0.330 e. The lowest BCUT2D eigenvalue weighted by atomic mass is 9.76. The summed E-state index contributed by atoms with van der Waals surface area (Å²) in [6, 6.07) is 1.41. The number of halogens is 5. The van der Waals surface area contributed by atoms with E-state index in [0.29, 0.717) is 18.9 Å². The number of aryl methyl sites for hydroxylation is 1. The van der Waals surface area contributed by atoms with Crippen molar-refractivity contribution in [3.8, 4) is 0 Å². The number of alkyl halides is 3. The molecule has 0 saturated heterocycles. The van der Waals surface area contributed by atoms with Gasteiger partial charge in [0.1, 0.15) is 0 Å². The summed E-state index contributed by atoms with van der Waals surface area (Å²) in [7, 11) is 0. The van der Waals surface area contributed by atoms with Crippen LogP contribution >= 0.6 is 0 Å². The molecule has 1 aromatic rings. The van der Waals surface area contributed by atoms with Crippen LogP contribution in [0.15, 0.2) is 23.3 Å². The summed E-state index contributed by atoms with van der Waals surface area (Å²) in [6.07, 6.45) is 8.40. The van der Waals surface area contributed by atoms with Crippen LogP contribution in [0.5, 0.6) is 0 Å². The summed E-state index contributed by atoms with van der Waals surface area (Å²) in [5.41, 5.74) is -0.675. The first-order chi connectivity index (χ1) is 17.1. The monoisotopic (exact) mass is 512 g/mol. The lowest BCUT2D eigenvalue weighted by Gasteiger charge is -2.36. The minimum atomic E-state index is -3.67. The molecule has 4 atom stereocenters. The van der Waals surface area contributed by atoms with Crippen LogP contribution < -0.4 is 0 Å². The first kappa shape index (κ1) is 28.6. The Bertz CT molecular complexity index is 942. The normalized spacial score (nSPS) is 22.8. The van der Waals surface area contributed by atoms with Crippen LogP contribution in [0.4, 0.5) is 22.0 Å². The SMILES string of the molecule is CCCCC(C)Cc1cc2c(c(F)c1F)C(F)(F)C(C1=NC(F)N(CCCCC(C)CC)C=C1)CC2. The van der Waals surface area contributed by atoms with Gasteiger partial charge in [-0.1, -0.05) is 72.3 Å². The van der Waals surface area contributed by atoms with Crippen LogP contribution in [0.3, 0.4) is 0 Å². The van der Waals surface area contributed by atoms with E-state index < -0.39 is 35.5 Å². The van der Waals surface area contributed by atoms with Gasteiger partial charge in [-0.15, -0.1) is 0 Å². The molecule has 1 heterocycles. The van der Waals surface area contributed by atoms with Crippen LogP contribution in [0.2, 0.25) is 0 Å². The van der Waals surface area contributed by atoms with E-state index in [1.54, 1.807) is 0 Å². The molecule has 0 spiro atoms. The zero-order valence-electron chi connectivity index (χ0n) is 22.1. The van der Waals surface area contributed by atoms with Crippen LogP contribution in [0.25, 0.3) is 0 Å². The summed E-state index contributed by atoms with van der Waals surface area (Å²) >= 11 is 0. The highest BCUT2D eigenvalue weighted by Crippen LogP contribution is 2.48. The largest absolute Gasteiger partial charge is 0.330 e. The maximum absolute atomic E-state index is 15.6. The van der Waals surface area contributed by atoms with Crippen molar-refractivity contribution in [2.75, 3.05) is 6.54 Å². The molecule has 0 amide bonds. The van der Waals surface area contributed by atoms with Crippen molar-refractivity contribution in [3.05, 3.63) is 46.7 Å². The first-order valence-electron chi connectivity index (χ1n) is 13.6. The summed E-state index contributed by atoms with van der Waals surface area (Å²) in [6.45, 7) is 8.80. The zero-order valence-corrected chi connectivity index (χ0v) is 22.1. The Morgan fingerprint density at radius 1 is 1.06 bits per heavy atom. The molecule has 0 fully saturated rings. The molecule has 4 unspecified atom stereocenters. The second-order valence-electron chi connectivity index (χ2n) is 10.8. The topological polar surface area (TPSA) is 15.6 Å². The van der Waals surface area contributed by atoms with E-state index in [0.717, 1.165) is 44.9 Å². The molecule has 1 aliphatic heterocycles. The van der Waals surface area contributed by atoms with Gasteiger partial charge in [0.05, 0.1) is 17.2 Å². The number of benzene rings is 1. The van der Waals surface area contributed by atoms with Crippen molar-refractivity contribution < 1.29 is 22.0 Å². The number of fused-ring (bicyclic) bond motifs is 1. The van der Waals surface area contributed by atoms with Gasteiger partial charge in [0.15, 0.2) is 11.6 Å². The van der Waals surface area contributed by atoms with E-state index >= 15 is 13.2 Å². The summed E-state index contributed by atoms with van der Waals surface area (Å²) in [5.74, 6) is -7.07. The van der Waals surface area contributed by atoms with Gasteiger partial charge in [-0.3, -0.25) is 0 Å². The number of rotatable bonds is 12. The van der Waals surface area contributed by atoms with E-state index in [9.17, 15) is 8.78 Å². The number of allylic oxidation sites excluding steroid dienone is 1. The minimum absolute atomic E-state index is 0.000695. The molecule has 0 radical (unpaired) electrons. The van der Waals surface area contributed by atoms with Crippen molar-refractivity contribution in [2.24, 2.45) is 22.7 Å². The van der Waals surface area contributed by atoms with E-state index in [4.69, 9.17) is 0 Å². The molecule has 2 nitrogen and oxygen atoms in total. The highest BCUT2D eigenvalue weighted by atomic mass is 19.3. The zero-order chi connectivity index (χ0) is 26.5. The Kier molecular flexibility index (Phi) is 9.99. The van der Waals surface area contributed by atoms with Gasteiger partial charge in [0.25, 0.3) is 12.3 Å². The smallest absolute Gasteiger partial charge is 0.284 e. The van der Waals surface area contributed by atoms with Gasteiger partial charge < -0.3 is 4.90 Å². The molecule has 0 bridgehead atoms. The highest BCUT2D eigenvalue weighted by Gasteiger charge is 2.51. The number of unbranched alkanes of at least 4 members (excludes halogenated alkanes) is 2. The molecule has 3 rings (SSSR count). The van der Waals surface area contributed by atoms with Crippen LogP contribution in [-0.2, 0) is 18.8 Å². The molecule has 0 aromatic heterocycles. The Balaban J connectivity index is 1.73. The summed E-state index contributed by atoms with van der Waals surface area (Å²) < 4.78 is 75.9. The van der Waals surface area contributed by atoms with Crippen LogP contribution in [-0.4, -0.2) is 23.6 Å². The van der Waals surface area contributed by atoms with Crippen molar-refractivity contribution in [1.82, 2.24) is 4.90 Å². The van der Waals surface area contributed by atoms with Crippen molar-refractivity contribution in [2.45, 2.75) is 104 Å². The molecule has 0 N–H and O–H groups in total. The standard InChI is InChI=1S/C29H41F5N2/c1-5-7-10-20(4)17-22-18-21-12-13-23(29(33,34)25(21)27(31)26(22)30)24-14-16-36(28(32)35-24)15-9-8-11-19(3)6-2/h14,16,18-20,23,28H,5-13,15,17H2,1-4H3. The first-order valence-corrected chi connectivity index (χ1v) is 13.6. The number of hydrogen-bond acceptors (Lipinski definition) is 2. The average molecular weight is 513 g/mol. The summed E-state index contributed by atoms with van der Waals surface area (Å²) in [4.78, 5) is 5.32. The molecule has 1 aliphatic carbocycles. The summed E-state index contributed by atoms with van der Waals surface area (Å²) in [5, 5.41) is 0. The maximum atomic E-state index is 15.6. The van der Waals surface area contributed by atoms with Gasteiger partial charge in [-0.05, 0) is 54.7 Å². The Labute approximate surface area is 213 Å². The van der Waals surface area contributed by atoms with Crippen LogP contribution in [0, 0.1) is 29.4 Å².